The minimum atomic E-state index is -0.646. The van der Waals surface area contributed by atoms with E-state index in [1.807, 2.05) is 23.1 Å². The molecule has 2 saturated heterocycles. The molecule has 2 aromatic carbocycles. The zero-order valence-electron chi connectivity index (χ0n) is 18.8. The highest BCUT2D eigenvalue weighted by molar-refractivity contribution is 5.89. The summed E-state index contributed by atoms with van der Waals surface area (Å²) >= 11 is 0. The lowest BCUT2D eigenvalue weighted by atomic mass is 9.62. The van der Waals surface area contributed by atoms with Gasteiger partial charge in [0.2, 0.25) is 11.8 Å². The first-order chi connectivity index (χ1) is 15.9. The first-order valence-electron chi connectivity index (χ1n) is 12.0. The zero-order chi connectivity index (χ0) is 23.1. The Morgan fingerprint density at radius 2 is 1.64 bits per heavy atom. The molecule has 5 rings (SSSR count). The summed E-state index contributed by atoms with van der Waals surface area (Å²) < 4.78 is 27.5. The number of benzene rings is 2. The van der Waals surface area contributed by atoms with Gasteiger partial charge in [-0.05, 0) is 66.5 Å². The number of piperidine rings is 2. The van der Waals surface area contributed by atoms with E-state index in [0.717, 1.165) is 49.7 Å². The van der Waals surface area contributed by atoms with E-state index in [1.165, 1.54) is 24.3 Å². The molecule has 174 valence electrons. The van der Waals surface area contributed by atoms with Crippen LogP contribution in [0.3, 0.4) is 0 Å². The van der Waals surface area contributed by atoms with E-state index >= 15 is 0 Å². The molecular formula is C27H30F2N2O2. The highest BCUT2D eigenvalue weighted by Gasteiger charge is 2.50. The summed E-state index contributed by atoms with van der Waals surface area (Å²) in [6.45, 7) is 1.70. The lowest BCUT2D eigenvalue weighted by molar-refractivity contribution is -0.141. The molecule has 1 N–H and O–H groups in total. The molecule has 3 fully saturated rings. The number of halogens is 2. The van der Waals surface area contributed by atoms with E-state index in [2.05, 4.69) is 5.32 Å². The van der Waals surface area contributed by atoms with Crippen LogP contribution in [-0.2, 0) is 15.0 Å². The van der Waals surface area contributed by atoms with Gasteiger partial charge in [-0.2, -0.15) is 0 Å². The van der Waals surface area contributed by atoms with Gasteiger partial charge in [0, 0.05) is 32.0 Å². The Bertz CT molecular complexity index is 1040. The summed E-state index contributed by atoms with van der Waals surface area (Å²) in [6, 6.07) is 13.1. The quantitative estimate of drug-likeness (QED) is 0.735. The van der Waals surface area contributed by atoms with Gasteiger partial charge in [0.25, 0.3) is 0 Å². The lowest BCUT2D eigenvalue weighted by Gasteiger charge is -2.50. The number of likely N-dealkylation sites (tertiary alicyclic amines) is 1. The third-order valence-corrected chi connectivity index (χ3v) is 8.32. The van der Waals surface area contributed by atoms with Crippen molar-refractivity contribution in [2.24, 2.45) is 5.41 Å². The number of rotatable bonds is 3. The van der Waals surface area contributed by atoms with Crippen LogP contribution >= 0.6 is 0 Å². The van der Waals surface area contributed by atoms with Crippen LogP contribution in [0, 0.1) is 17.0 Å². The molecule has 2 heterocycles. The van der Waals surface area contributed by atoms with Gasteiger partial charge in [0.1, 0.15) is 11.6 Å². The van der Waals surface area contributed by atoms with Crippen molar-refractivity contribution in [1.29, 1.82) is 0 Å². The van der Waals surface area contributed by atoms with Gasteiger partial charge in [-0.1, -0.05) is 37.1 Å². The summed E-state index contributed by atoms with van der Waals surface area (Å²) in [7, 11) is 0. The summed E-state index contributed by atoms with van der Waals surface area (Å²) in [5.74, 6) is -0.345. The van der Waals surface area contributed by atoms with Crippen molar-refractivity contribution in [3.8, 4) is 0 Å². The van der Waals surface area contributed by atoms with Gasteiger partial charge in [-0.3, -0.25) is 9.59 Å². The van der Waals surface area contributed by atoms with E-state index in [9.17, 15) is 18.4 Å². The summed E-state index contributed by atoms with van der Waals surface area (Å²) in [6.07, 6.45) is 5.31. The van der Waals surface area contributed by atoms with Crippen LogP contribution in [0.5, 0.6) is 0 Å². The van der Waals surface area contributed by atoms with Crippen molar-refractivity contribution in [3.63, 3.8) is 0 Å². The van der Waals surface area contributed by atoms with Crippen LogP contribution in [0.4, 0.5) is 8.78 Å². The Labute approximate surface area is 193 Å². The van der Waals surface area contributed by atoms with E-state index in [-0.39, 0.29) is 34.8 Å². The predicted molar refractivity (Wildman–Crippen MR) is 122 cm³/mol. The summed E-state index contributed by atoms with van der Waals surface area (Å²) in [5.41, 5.74) is 0.931. The molecule has 4 nitrogen and oxygen atoms in total. The summed E-state index contributed by atoms with van der Waals surface area (Å²) in [4.78, 5) is 28.2. The second kappa shape index (κ2) is 8.54. The Morgan fingerprint density at radius 1 is 0.939 bits per heavy atom. The standard InChI is InChI=1S/C27H30F2N2O2/c28-21-8-6-19(7-9-21)23-18-30-24(32)17-26(23)12-14-31(15-13-26)25(33)27(10-1-2-11-27)20-4-3-5-22(29)16-20/h3-9,16,23H,1-2,10-15,17-18H2,(H,30,32)/t23-/m1/s1. The van der Waals surface area contributed by atoms with Gasteiger partial charge in [-0.15, -0.1) is 0 Å². The maximum absolute atomic E-state index is 14.0. The van der Waals surface area contributed by atoms with Gasteiger partial charge in [0.15, 0.2) is 0 Å². The number of nitrogens with one attached hydrogen (secondary N) is 1. The van der Waals surface area contributed by atoms with Crippen molar-refractivity contribution in [1.82, 2.24) is 10.2 Å². The van der Waals surface area contributed by atoms with Crippen molar-refractivity contribution in [2.75, 3.05) is 19.6 Å². The molecule has 33 heavy (non-hydrogen) atoms. The Hall–Kier alpha value is -2.76. The second-order valence-corrected chi connectivity index (χ2v) is 10.0. The number of carbonyl (C=O) groups is 2. The maximum Gasteiger partial charge on any atom is 0.233 e. The van der Waals surface area contributed by atoms with Crippen LogP contribution in [0.2, 0.25) is 0 Å². The highest BCUT2D eigenvalue weighted by Crippen LogP contribution is 2.50. The molecule has 0 bridgehead atoms. The SMILES string of the molecule is O=C1CC2(CCN(C(=O)C3(c4cccc(F)c4)CCCC3)CC2)[C@@H](c2ccc(F)cc2)CN1. The molecule has 1 saturated carbocycles. The van der Waals surface area contributed by atoms with Crippen molar-refractivity contribution >= 4 is 11.8 Å². The molecular weight excluding hydrogens is 422 g/mol. The molecule has 0 unspecified atom stereocenters. The lowest BCUT2D eigenvalue weighted by Crippen LogP contribution is -2.55. The van der Waals surface area contributed by atoms with E-state index in [1.54, 1.807) is 6.07 Å². The van der Waals surface area contributed by atoms with Crippen LogP contribution in [0.1, 0.15) is 62.0 Å². The monoisotopic (exact) mass is 452 g/mol. The van der Waals surface area contributed by atoms with E-state index in [0.29, 0.717) is 26.1 Å². The first kappa shape index (κ1) is 22.1. The third-order valence-electron chi connectivity index (χ3n) is 8.32. The fourth-order valence-electron chi connectivity index (χ4n) is 6.48. The third kappa shape index (κ3) is 3.94. The number of amides is 2. The molecule has 2 aromatic rings. The fourth-order valence-corrected chi connectivity index (χ4v) is 6.48. The zero-order valence-corrected chi connectivity index (χ0v) is 18.8. The van der Waals surface area contributed by atoms with Crippen molar-refractivity contribution in [2.45, 2.75) is 56.3 Å². The first-order valence-corrected chi connectivity index (χ1v) is 12.0. The smallest absolute Gasteiger partial charge is 0.233 e. The van der Waals surface area contributed by atoms with Gasteiger partial charge in [0.05, 0.1) is 5.41 Å². The molecule has 1 atom stereocenters. The average molecular weight is 453 g/mol. The van der Waals surface area contributed by atoms with Gasteiger partial charge >= 0.3 is 0 Å². The van der Waals surface area contributed by atoms with Crippen molar-refractivity contribution in [3.05, 3.63) is 71.3 Å². The molecule has 3 aliphatic rings. The molecule has 1 spiro atoms. The Balaban J connectivity index is 1.38. The molecule has 2 amide bonds. The van der Waals surface area contributed by atoms with Crippen LogP contribution in [0.15, 0.2) is 48.5 Å². The van der Waals surface area contributed by atoms with Crippen LogP contribution in [0.25, 0.3) is 0 Å². The molecule has 6 heteroatoms. The van der Waals surface area contributed by atoms with Gasteiger partial charge in [-0.25, -0.2) is 8.78 Å². The average Bonchev–Trinajstić information content (AvgIpc) is 3.31. The maximum atomic E-state index is 14.0. The van der Waals surface area contributed by atoms with Gasteiger partial charge < -0.3 is 10.2 Å². The fraction of sp³-hybridized carbons (Fsp3) is 0.481. The Kier molecular flexibility index (Phi) is 5.71. The van der Waals surface area contributed by atoms with Crippen molar-refractivity contribution < 1.29 is 18.4 Å². The van der Waals surface area contributed by atoms with Crippen LogP contribution in [-0.4, -0.2) is 36.3 Å². The Morgan fingerprint density at radius 3 is 2.30 bits per heavy atom. The number of hydrogen-bond acceptors (Lipinski definition) is 2. The molecule has 0 radical (unpaired) electrons. The van der Waals surface area contributed by atoms with Crippen LogP contribution < -0.4 is 5.32 Å². The second-order valence-electron chi connectivity index (χ2n) is 10.0. The largest absolute Gasteiger partial charge is 0.355 e. The van der Waals surface area contributed by atoms with E-state index < -0.39 is 5.41 Å². The van der Waals surface area contributed by atoms with E-state index in [4.69, 9.17) is 0 Å². The molecule has 2 aliphatic heterocycles. The minimum Gasteiger partial charge on any atom is -0.355 e. The highest BCUT2D eigenvalue weighted by atomic mass is 19.1. The predicted octanol–water partition coefficient (Wildman–Crippen LogP) is 4.69. The minimum absolute atomic E-state index is 0.0418. The topological polar surface area (TPSA) is 49.4 Å². The normalized spacial score (nSPS) is 24.0. The number of nitrogens with zero attached hydrogens (tertiary/aromatic N) is 1. The number of hydrogen-bond donors (Lipinski definition) is 1. The number of carbonyl (C=O) groups excluding carboxylic acids is 2. The summed E-state index contributed by atoms with van der Waals surface area (Å²) in [5, 5.41) is 2.98. The molecule has 0 aromatic heterocycles. The molecule has 1 aliphatic carbocycles.